The lowest BCUT2D eigenvalue weighted by molar-refractivity contribution is -0.157. The van der Waals surface area contributed by atoms with Crippen LogP contribution >= 0.6 is 0 Å². The molecule has 6 heteroatoms. The second kappa shape index (κ2) is 7.04. The molecule has 1 fully saturated rings. The van der Waals surface area contributed by atoms with Crippen LogP contribution in [0, 0.1) is 5.92 Å². The van der Waals surface area contributed by atoms with E-state index in [0.717, 1.165) is 0 Å². The highest BCUT2D eigenvalue weighted by Gasteiger charge is 2.46. The van der Waals surface area contributed by atoms with Crippen molar-refractivity contribution in [3.8, 4) is 0 Å². The summed E-state index contributed by atoms with van der Waals surface area (Å²) in [6.45, 7) is 9.18. The smallest absolute Gasteiger partial charge is 0.246 e. The van der Waals surface area contributed by atoms with Crippen LogP contribution in [0.2, 0.25) is 0 Å². The Morgan fingerprint density at radius 1 is 1.25 bits per heavy atom. The van der Waals surface area contributed by atoms with Gasteiger partial charge in [0.2, 0.25) is 11.8 Å². The van der Waals surface area contributed by atoms with Crippen LogP contribution in [-0.2, 0) is 19.1 Å². The summed E-state index contributed by atoms with van der Waals surface area (Å²) >= 11 is 0. The molecule has 1 heterocycles. The first-order chi connectivity index (χ1) is 9.32. The van der Waals surface area contributed by atoms with Gasteiger partial charge in [-0.05, 0) is 19.8 Å². The van der Waals surface area contributed by atoms with Gasteiger partial charge in [0.15, 0.2) is 0 Å². The fourth-order valence-corrected chi connectivity index (χ4v) is 2.19. The molecule has 20 heavy (non-hydrogen) atoms. The van der Waals surface area contributed by atoms with Gasteiger partial charge in [-0.1, -0.05) is 13.8 Å². The Labute approximate surface area is 120 Å². The monoisotopic (exact) mass is 286 g/mol. The molecular formula is C14H26N2O4. The van der Waals surface area contributed by atoms with Crippen molar-refractivity contribution in [2.75, 3.05) is 33.5 Å². The van der Waals surface area contributed by atoms with Crippen molar-refractivity contribution in [3.63, 3.8) is 0 Å². The van der Waals surface area contributed by atoms with E-state index in [-0.39, 0.29) is 17.7 Å². The summed E-state index contributed by atoms with van der Waals surface area (Å²) in [5.74, 6) is -0.0907. The summed E-state index contributed by atoms with van der Waals surface area (Å²) in [7, 11) is 1.61. The zero-order chi connectivity index (χ0) is 15.3. The number of nitrogens with zero attached hydrogens (tertiary/aromatic N) is 1. The molecule has 0 spiro atoms. The van der Waals surface area contributed by atoms with Crippen molar-refractivity contribution in [1.82, 2.24) is 10.2 Å². The lowest BCUT2D eigenvalue weighted by atomic mass is 9.91. The average Bonchev–Trinajstić information content (AvgIpc) is 2.37. The van der Waals surface area contributed by atoms with Crippen molar-refractivity contribution in [3.05, 3.63) is 0 Å². The first-order valence-corrected chi connectivity index (χ1v) is 7.01. The molecular weight excluding hydrogens is 260 g/mol. The van der Waals surface area contributed by atoms with Crippen molar-refractivity contribution >= 4 is 11.8 Å². The minimum atomic E-state index is -0.840. The SMILES string of the molecule is COCCOCCN1C(=O)C(C(C)C)NC(=O)C1(C)C. The van der Waals surface area contributed by atoms with Gasteiger partial charge in [0, 0.05) is 13.7 Å². The summed E-state index contributed by atoms with van der Waals surface area (Å²) < 4.78 is 10.3. The number of hydrogen-bond acceptors (Lipinski definition) is 4. The second-order valence-electron chi connectivity index (χ2n) is 5.85. The third kappa shape index (κ3) is 3.70. The molecule has 1 unspecified atom stereocenters. The van der Waals surface area contributed by atoms with Crippen LogP contribution in [0.1, 0.15) is 27.7 Å². The van der Waals surface area contributed by atoms with Crippen LogP contribution in [0.3, 0.4) is 0 Å². The molecule has 6 nitrogen and oxygen atoms in total. The van der Waals surface area contributed by atoms with Crippen LogP contribution in [0.25, 0.3) is 0 Å². The lowest BCUT2D eigenvalue weighted by Crippen LogP contribution is -2.69. The van der Waals surface area contributed by atoms with Crippen molar-refractivity contribution in [1.29, 1.82) is 0 Å². The third-order valence-electron chi connectivity index (χ3n) is 3.61. The predicted octanol–water partition coefficient (Wildman–Crippen LogP) is 0.411. The fourth-order valence-electron chi connectivity index (χ4n) is 2.19. The summed E-state index contributed by atoms with van der Waals surface area (Å²) in [5, 5.41) is 2.81. The largest absolute Gasteiger partial charge is 0.382 e. The molecule has 1 saturated heterocycles. The van der Waals surface area contributed by atoms with Crippen LogP contribution in [0.4, 0.5) is 0 Å². The number of piperazine rings is 1. The molecule has 1 atom stereocenters. The van der Waals surface area contributed by atoms with E-state index in [1.807, 2.05) is 13.8 Å². The van der Waals surface area contributed by atoms with E-state index < -0.39 is 11.6 Å². The van der Waals surface area contributed by atoms with Crippen LogP contribution in [0.15, 0.2) is 0 Å². The molecule has 116 valence electrons. The van der Waals surface area contributed by atoms with Gasteiger partial charge in [0.1, 0.15) is 11.6 Å². The number of rotatable bonds is 7. The molecule has 0 bridgehead atoms. The Morgan fingerprint density at radius 3 is 2.45 bits per heavy atom. The standard InChI is InChI=1S/C14H26N2O4/c1-10(2)11-12(17)16(6-7-20-9-8-19-5)14(3,4)13(18)15-11/h10-11H,6-9H2,1-5H3,(H,15,18). The number of amides is 2. The summed E-state index contributed by atoms with van der Waals surface area (Å²) in [4.78, 5) is 26.2. The Balaban J connectivity index is 2.67. The summed E-state index contributed by atoms with van der Waals surface area (Å²) in [6, 6.07) is -0.450. The van der Waals surface area contributed by atoms with Gasteiger partial charge in [-0.25, -0.2) is 0 Å². The summed E-state index contributed by atoms with van der Waals surface area (Å²) in [5.41, 5.74) is -0.840. The molecule has 1 aliphatic rings. The van der Waals surface area contributed by atoms with Crippen molar-refractivity contribution in [2.45, 2.75) is 39.3 Å². The molecule has 0 aromatic rings. The van der Waals surface area contributed by atoms with Gasteiger partial charge in [0.05, 0.1) is 19.8 Å². The minimum Gasteiger partial charge on any atom is -0.382 e. The summed E-state index contributed by atoms with van der Waals surface area (Å²) in [6.07, 6.45) is 0. The van der Waals surface area contributed by atoms with Gasteiger partial charge in [0.25, 0.3) is 0 Å². The van der Waals surface area contributed by atoms with Crippen molar-refractivity contribution in [2.24, 2.45) is 5.92 Å². The second-order valence-corrected chi connectivity index (χ2v) is 5.85. The molecule has 0 saturated carbocycles. The molecule has 1 aliphatic heterocycles. The Bertz CT molecular complexity index is 355. The van der Waals surface area contributed by atoms with E-state index in [9.17, 15) is 9.59 Å². The van der Waals surface area contributed by atoms with Gasteiger partial charge in [-0.2, -0.15) is 0 Å². The molecule has 0 radical (unpaired) electrons. The number of hydrogen-bond donors (Lipinski definition) is 1. The molecule has 0 aromatic heterocycles. The van der Waals surface area contributed by atoms with E-state index in [1.165, 1.54) is 0 Å². The zero-order valence-corrected chi connectivity index (χ0v) is 13.1. The lowest BCUT2D eigenvalue weighted by Gasteiger charge is -2.45. The van der Waals surface area contributed by atoms with E-state index in [0.29, 0.717) is 26.4 Å². The number of nitrogens with one attached hydrogen (secondary N) is 1. The van der Waals surface area contributed by atoms with Gasteiger partial charge < -0.3 is 19.7 Å². The Kier molecular flexibility index (Phi) is 5.95. The van der Waals surface area contributed by atoms with Gasteiger partial charge in [-0.3, -0.25) is 9.59 Å². The minimum absolute atomic E-state index is 0.0417. The maximum atomic E-state index is 12.5. The highest BCUT2D eigenvalue weighted by Crippen LogP contribution is 2.23. The van der Waals surface area contributed by atoms with E-state index in [4.69, 9.17) is 9.47 Å². The molecule has 2 amide bonds. The Morgan fingerprint density at radius 2 is 1.90 bits per heavy atom. The first-order valence-electron chi connectivity index (χ1n) is 7.01. The van der Waals surface area contributed by atoms with E-state index in [1.54, 1.807) is 25.9 Å². The molecule has 0 aromatic carbocycles. The number of carbonyl (C=O) groups excluding carboxylic acids is 2. The fraction of sp³-hybridized carbons (Fsp3) is 0.857. The molecule has 0 aliphatic carbocycles. The maximum Gasteiger partial charge on any atom is 0.246 e. The van der Waals surface area contributed by atoms with Gasteiger partial charge in [-0.15, -0.1) is 0 Å². The number of ether oxygens (including phenoxy) is 2. The van der Waals surface area contributed by atoms with Crippen molar-refractivity contribution < 1.29 is 19.1 Å². The maximum absolute atomic E-state index is 12.5. The van der Waals surface area contributed by atoms with Crippen LogP contribution in [0.5, 0.6) is 0 Å². The molecule has 1 N–H and O–H groups in total. The zero-order valence-electron chi connectivity index (χ0n) is 13.1. The normalized spacial score (nSPS) is 22.3. The average molecular weight is 286 g/mol. The first kappa shape index (κ1) is 16.9. The quantitative estimate of drug-likeness (QED) is 0.688. The third-order valence-corrected chi connectivity index (χ3v) is 3.61. The van der Waals surface area contributed by atoms with Gasteiger partial charge >= 0.3 is 0 Å². The number of carbonyl (C=O) groups is 2. The highest BCUT2D eigenvalue weighted by atomic mass is 16.5. The van der Waals surface area contributed by atoms with E-state index in [2.05, 4.69) is 5.32 Å². The predicted molar refractivity (Wildman–Crippen MR) is 75.3 cm³/mol. The van der Waals surface area contributed by atoms with Crippen LogP contribution in [-0.4, -0.2) is 61.8 Å². The number of methoxy groups -OCH3 is 1. The van der Waals surface area contributed by atoms with E-state index >= 15 is 0 Å². The molecule has 1 rings (SSSR count). The van der Waals surface area contributed by atoms with Crippen LogP contribution < -0.4 is 5.32 Å². The highest BCUT2D eigenvalue weighted by molar-refractivity contribution is 5.99. The topological polar surface area (TPSA) is 67.9 Å². The Hall–Kier alpha value is -1.14.